The molecule has 2 saturated heterocycles. The van der Waals surface area contributed by atoms with Crippen molar-refractivity contribution in [3.63, 3.8) is 0 Å². The van der Waals surface area contributed by atoms with Crippen LogP contribution in [0.3, 0.4) is 0 Å². The molecule has 2 aromatic rings. The molecule has 2 aliphatic carbocycles. The van der Waals surface area contributed by atoms with Gasteiger partial charge in [-0.3, -0.25) is 9.58 Å². The Balaban J connectivity index is 1.30. The van der Waals surface area contributed by atoms with Crippen LogP contribution in [-0.2, 0) is 11.3 Å². The van der Waals surface area contributed by atoms with E-state index in [2.05, 4.69) is 20.6 Å². The van der Waals surface area contributed by atoms with Gasteiger partial charge in [-0.2, -0.15) is 5.10 Å². The van der Waals surface area contributed by atoms with Crippen LogP contribution in [-0.4, -0.2) is 51.5 Å². The molecule has 1 unspecified atom stereocenters. The number of hydrogen-bond acceptors (Lipinski definition) is 5. The quantitative estimate of drug-likeness (QED) is 0.783. The highest BCUT2D eigenvalue weighted by atomic mass is 19.3. The molecule has 8 heteroatoms. The summed E-state index contributed by atoms with van der Waals surface area (Å²) in [5.74, 6) is 1.71. The van der Waals surface area contributed by atoms with E-state index in [1.165, 1.54) is 31.0 Å². The summed E-state index contributed by atoms with van der Waals surface area (Å²) in [7, 11) is 0. The summed E-state index contributed by atoms with van der Waals surface area (Å²) in [4.78, 5) is 6.64. The maximum Gasteiger partial charge on any atom is 0.267 e. The molecule has 2 aromatic heterocycles. The molecule has 4 fully saturated rings. The van der Waals surface area contributed by atoms with E-state index >= 15 is 0 Å². The van der Waals surface area contributed by atoms with Gasteiger partial charge >= 0.3 is 0 Å². The smallest absolute Gasteiger partial charge is 0.267 e. The normalized spacial score (nSPS) is 29.1. The SMILES string of the molecule is Nc1ncc(-c2cc([C@@H]3CC4C[C@H]3CN4C3COC3)n(CC3CC3)n2)cc1C(F)F. The summed E-state index contributed by atoms with van der Waals surface area (Å²) >= 11 is 0. The van der Waals surface area contributed by atoms with Gasteiger partial charge in [0.25, 0.3) is 6.43 Å². The van der Waals surface area contributed by atoms with Gasteiger partial charge in [-0.15, -0.1) is 0 Å². The van der Waals surface area contributed by atoms with Crippen molar-refractivity contribution in [1.82, 2.24) is 19.7 Å². The number of fused-ring (bicyclic) bond motifs is 2. The number of nitrogens with zero attached hydrogens (tertiary/aromatic N) is 4. The standard InChI is InChI=1S/C22H27F2N5O/c23-21(24)18-4-13(7-26-22(18)25)19-6-20(29(27-19)8-12-1-2-12)17-5-15-3-14(17)9-28(15)16-10-30-11-16/h4,6-7,12,14-17,21H,1-3,5,8-11H2,(H2,25,26)/t14-,15?,17+/m0/s1. The molecule has 4 heterocycles. The predicted molar refractivity (Wildman–Crippen MR) is 108 cm³/mol. The van der Waals surface area contributed by atoms with E-state index in [1.54, 1.807) is 6.20 Å². The first-order valence-corrected chi connectivity index (χ1v) is 11.0. The number of piperidine rings is 1. The molecule has 6 rings (SSSR count). The number of halogens is 2. The second-order valence-corrected chi connectivity index (χ2v) is 9.46. The van der Waals surface area contributed by atoms with Crippen molar-refractivity contribution in [2.45, 2.75) is 56.7 Å². The van der Waals surface area contributed by atoms with E-state index in [4.69, 9.17) is 15.6 Å². The van der Waals surface area contributed by atoms with Gasteiger partial charge in [-0.1, -0.05) is 0 Å². The summed E-state index contributed by atoms with van der Waals surface area (Å²) < 4.78 is 34.2. The van der Waals surface area contributed by atoms with E-state index in [-0.39, 0.29) is 11.4 Å². The highest BCUT2D eigenvalue weighted by Gasteiger charge is 2.49. The molecule has 4 aliphatic rings. The molecule has 160 valence electrons. The van der Waals surface area contributed by atoms with Crippen molar-refractivity contribution in [1.29, 1.82) is 0 Å². The van der Waals surface area contributed by atoms with Gasteiger partial charge in [-0.05, 0) is 49.7 Å². The lowest BCUT2D eigenvalue weighted by Crippen LogP contribution is -2.52. The molecule has 2 bridgehead atoms. The third-order valence-corrected chi connectivity index (χ3v) is 7.47. The third kappa shape index (κ3) is 3.12. The van der Waals surface area contributed by atoms with Crippen LogP contribution >= 0.6 is 0 Å². The number of nitrogens with two attached hydrogens (primary N) is 1. The average Bonchev–Trinajstić information content (AvgIpc) is 3.08. The zero-order valence-electron chi connectivity index (χ0n) is 16.9. The van der Waals surface area contributed by atoms with E-state index in [9.17, 15) is 8.78 Å². The van der Waals surface area contributed by atoms with Gasteiger partial charge in [0.15, 0.2) is 0 Å². The van der Waals surface area contributed by atoms with Crippen LogP contribution in [0, 0.1) is 11.8 Å². The molecular formula is C22H27F2N5O. The molecule has 0 spiro atoms. The van der Waals surface area contributed by atoms with E-state index in [0.29, 0.717) is 35.4 Å². The van der Waals surface area contributed by atoms with E-state index in [0.717, 1.165) is 38.4 Å². The van der Waals surface area contributed by atoms with Crippen molar-refractivity contribution in [2.75, 3.05) is 25.5 Å². The van der Waals surface area contributed by atoms with Crippen molar-refractivity contribution >= 4 is 5.82 Å². The van der Waals surface area contributed by atoms with Gasteiger partial charge < -0.3 is 10.5 Å². The number of rotatable bonds is 6. The van der Waals surface area contributed by atoms with Gasteiger partial charge in [0, 0.05) is 42.5 Å². The lowest BCUT2D eigenvalue weighted by atomic mass is 9.90. The van der Waals surface area contributed by atoms with Gasteiger partial charge in [0.05, 0.1) is 30.5 Å². The number of hydrogen-bond donors (Lipinski definition) is 1. The van der Waals surface area contributed by atoms with Crippen LogP contribution in [0.2, 0.25) is 0 Å². The number of pyridine rings is 1. The van der Waals surface area contributed by atoms with Crippen LogP contribution in [0.5, 0.6) is 0 Å². The first kappa shape index (κ1) is 18.7. The van der Waals surface area contributed by atoms with Gasteiger partial charge in [-0.25, -0.2) is 13.8 Å². The Morgan fingerprint density at radius 1 is 1.17 bits per heavy atom. The Morgan fingerprint density at radius 3 is 2.63 bits per heavy atom. The Bertz CT molecular complexity index is 955. The molecule has 2 saturated carbocycles. The maximum absolute atomic E-state index is 13.3. The summed E-state index contributed by atoms with van der Waals surface area (Å²) in [5.41, 5.74) is 8.04. The number of aromatic nitrogens is 3. The lowest BCUT2D eigenvalue weighted by Gasteiger charge is -2.41. The van der Waals surface area contributed by atoms with Crippen LogP contribution < -0.4 is 5.73 Å². The number of alkyl halides is 2. The summed E-state index contributed by atoms with van der Waals surface area (Å²) in [6, 6.07) is 4.79. The molecule has 3 atom stereocenters. The molecule has 30 heavy (non-hydrogen) atoms. The zero-order valence-corrected chi connectivity index (χ0v) is 16.9. The van der Waals surface area contributed by atoms with Crippen LogP contribution in [0.4, 0.5) is 14.6 Å². The molecular weight excluding hydrogens is 388 g/mol. The minimum Gasteiger partial charge on any atom is -0.383 e. The third-order valence-electron chi connectivity index (χ3n) is 7.47. The second kappa shape index (κ2) is 6.99. The largest absolute Gasteiger partial charge is 0.383 e. The van der Waals surface area contributed by atoms with Gasteiger partial charge in [0.2, 0.25) is 0 Å². The van der Waals surface area contributed by atoms with Crippen molar-refractivity contribution in [3.8, 4) is 11.3 Å². The minimum absolute atomic E-state index is 0.112. The monoisotopic (exact) mass is 415 g/mol. The Morgan fingerprint density at radius 2 is 2.00 bits per heavy atom. The summed E-state index contributed by atoms with van der Waals surface area (Å²) in [5, 5.41) is 4.86. The second-order valence-electron chi connectivity index (χ2n) is 9.46. The fourth-order valence-electron chi connectivity index (χ4n) is 5.58. The lowest BCUT2D eigenvalue weighted by molar-refractivity contribution is -0.0757. The molecule has 2 aliphatic heterocycles. The molecule has 0 radical (unpaired) electrons. The topological polar surface area (TPSA) is 69.2 Å². The van der Waals surface area contributed by atoms with Crippen LogP contribution in [0.1, 0.15) is 49.3 Å². The highest BCUT2D eigenvalue weighted by molar-refractivity contribution is 5.62. The molecule has 0 aromatic carbocycles. The van der Waals surface area contributed by atoms with Crippen molar-refractivity contribution in [2.24, 2.45) is 11.8 Å². The highest BCUT2D eigenvalue weighted by Crippen LogP contribution is 2.49. The minimum atomic E-state index is -2.64. The first-order chi connectivity index (χ1) is 14.6. The maximum atomic E-state index is 13.3. The number of ether oxygens (including phenoxy) is 1. The number of nitrogen functional groups attached to an aromatic ring is 1. The number of likely N-dealkylation sites (tertiary alicyclic amines) is 1. The fraction of sp³-hybridized carbons (Fsp3) is 0.636. The fourth-order valence-corrected chi connectivity index (χ4v) is 5.58. The Kier molecular flexibility index (Phi) is 4.35. The van der Waals surface area contributed by atoms with Crippen molar-refractivity contribution in [3.05, 3.63) is 29.6 Å². The zero-order chi connectivity index (χ0) is 20.4. The predicted octanol–water partition coefficient (Wildman–Crippen LogP) is 3.45. The summed E-state index contributed by atoms with van der Waals surface area (Å²) in [6.07, 6.45) is 3.81. The van der Waals surface area contributed by atoms with Gasteiger partial charge in [0.1, 0.15) is 5.82 Å². The first-order valence-electron chi connectivity index (χ1n) is 11.0. The van der Waals surface area contributed by atoms with E-state index in [1.807, 2.05) is 0 Å². The Hall–Kier alpha value is -2.06. The molecule has 2 N–H and O–H groups in total. The summed E-state index contributed by atoms with van der Waals surface area (Å²) in [6.45, 7) is 3.79. The van der Waals surface area contributed by atoms with E-state index < -0.39 is 6.43 Å². The molecule has 0 amide bonds. The number of anilines is 1. The van der Waals surface area contributed by atoms with Crippen LogP contribution in [0.25, 0.3) is 11.3 Å². The Labute approximate surface area is 174 Å². The average molecular weight is 415 g/mol. The van der Waals surface area contributed by atoms with Crippen molar-refractivity contribution < 1.29 is 13.5 Å². The molecule has 6 nitrogen and oxygen atoms in total. The van der Waals surface area contributed by atoms with Crippen LogP contribution in [0.15, 0.2) is 18.3 Å².